The summed E-state index contributed by atoms with van der Waals surface area (Å²) in [6.07, 6.45) is 0. The molecule has 0 radical (unpaired) electrons. The summed E-state index contributed by atoms with van der Waals surface area (Å²) < 4.78 is 1.68. The van der Waals surface area contributed by atoms with Crippen molar-refractivity contribution in [1.29, 1.82) is 0 Å². The van der Waals surface area contributed by atoms with Crippen LogP contribution < -0.4 is 16.4 Å². The van der Waals surface area contributed by atoms with Crippen LogP contribution in [0.15, 0.2) is 11.4 Å². The summed E-state index contributed by atoms with van der Waals surface area (Å²) in [5, 5.41) is 10.6. The molecule has 0 atom stereocenters. The number of nitrogens with zero attached hydrogens (tertiary/aromatic N) is 1. The first-order valence-corrected chi connectivity index (χ1v) is 2.77. The van der Waals surface area contributed by atoms with Gasteiger partial charge in [0.15, 0.2) is 7.05 Å². The number of rotatable bonds is 0. The standard InChI is InChI=1S/C4H5NOS.ClH.H2O/c1-5-4(6)2-3-7-5;;/h2-3H,1H3;1H;1H2. The van der Waals surface area contributed by atoms with E-state index < -0.39 is 0 Å². The Bertz CT molecular complexity index is 151. The summed E-state index contributed by atoms with van der Waals surface area (Å²) in [6.45, 7) is 0. The first kappa shape index (κ1) is 11.5. The molecular formula is C4H8ClNO2S. The maximum absolute atomic E-state index is 8.73. The van der Waals surface area contributed by atoms with E-state index in [0.29, 0.717) is 5.88 Å². The predicted octanol–water partition coefficient (Wildman–Crippen LogP) is -3.54. The number of aromatic nitrogens is 1. The first-order valence-electron chi connectivity index (χ1n) is 1.93. The van der Waals surface area contributed by atoms with Crippen molar-refractivity contribution in [3.8, 4) is 5.88 Å². The average molecular weight is 170 g/mol. The number of halogens is 1. The van der Waals surface area contributed by atoms with Gasteiger partial charge in [0, 0.05) is 0 Å². The molecule has 1 rings (SSSR count). The second-order valence-electron chi connectivity index (χ2n) is 1.26. The fourth-order valence-electron chi connectivity index (χ4n) is 0.342. The molecule has 0 aliphatic heterocycles. The average Bonchev–Trinajstić information content (AvgIpc) is 1.91. The molecule has 1 aromatic heterocycles. The van der Waals surface area contributed by atoms with Gasteiger partial charge in [-0.15, -0.1) is 3.96 Å². The summed E-state index contributed by atoms with van der Waals surface area (Å²) in [6, 6.07) is 1.66. The topological polar surface area (TPSA) is 55.6 Å². The van der Waals surface area contributed by atoms with Crippen LogP contribution in [0.4, 0.5) is 0 Å². The Labute approximate surface area is 63.4 Å². The molecule has 1 aromatic rings. The van der Waals surface area contributed by atoms with Crippen LogP contribution in [-0.2, 0) is 7.05 Å². The van der Waals surface area contributed by atoms with Gasteiger partial charge in [0.2, 0.25) is 0 Å². The lowest BCUT2D eigenvalue weighted by Gasteiger charge is -1.72. The Morgan fingerprint density at radius 1 is 1.67 bits per heavy atom. The highest BCUT2D eigenvalue weighted by molar-refractivity contribution is 6.99. The van der Waals surface area contributed by atoms with Crippen LogP contribution in [0.3, 0.4) is 0 Å². The van der Waals surface area contributed by atoms with Gasteiger partial charge in [-0.3, -0.25) is 0 Å². The van der Waals surface area contributed by atoms with Gasteiger partial charge < -0.3 is 23.0 Å². The Balaban J connectivity index is 0. The van der Waals surface area contributed by atoms with Crippen LogP contribution >= 0.6 is 11.5 Å². The molecule has 3 N–H and O–H groups in total. The van der Waals surface area contributed by atoms with Crippen molar-refractivity contribution in [2.24, 2.45) is 7.05 Å². The summed E-state index contributed by atoms with van der Waals surface area (Å²) >= 11 is 1.47. The lowest BCUT2D eigenvalue weighted by atomic mass is 10.7. The molecule has 0 saturated carbocycles. The molecular weight excluding hydrogens is 162 g/mol. The van der Waals surface area contributed by atoms with E-state index in [1.165, 1.54) is 11.5 Å². The van der Waals surface area contributed by atoms with Crippen LogP contribution in [0, 0.1) is 0 Å². The largest absolute Gasteiger partial charge is 1.00 e. The van der Waals surface area contributed by atoms with Crippen LogP contribution in [0.2, 0.25) is 0 Å². The Morgan fingerprint density at radius 3 is 2.33 bits per heavy atom. The van der Waals surface area contributed by atoms with E-state index in [9.17, 15) is 0 Å². The van der Waals surface area contributed by atoms with E-state index in [0.717, 1.165) is 0 Å². The van der Waals surface area contributed by atoms with Gasteiger partial charge in [-0.2, -0.15) is 0 Å². The van der Waals surface area contributed by atoms with Gasteiger partial charge in [-0.05, 0) is 0 Å². The van der Waals surface area contributed by atoms with Crippen molar-refractivity contribution < 1.29 is 26.9 Å². The van der Waals surface area contributed by atoms with Gasteiger partial charge in [-0.25, -0.2) is 0 Å². The van der Waals surface area contributed by atoms with Gasteiger partial charge in [0.05, 0.1) is 11.4 Å². The zero-order valence-electron chi connectivity index (χ0n) is 4.84. The fourth-order valence-corrected chi connectivity index (χ4v) is 0.876. The van der Waals surface area contributed by atoms with E-state index in [-0.39, 0.29) is 17.9 Å². The third kappa shape index (κ3) is 2.64. The summed E-state index contributed by atoms with van der Waals surface area (Å²) in [4.78, 5) is 0. The Hall–Kier alpha value is -0.320. The number of hydrogen-bond acceptors (Lipinski definition) is 2. The van der Waals surface area contributed by atoms with Gasteiger partial charge >= 0.3 is 5.88 Å². The maximum atomic E-state index is 8.73. The minimum absolute atomic E-state index is 0. The highest BCUT2D eigenvalue weighted by Gasteiger charge is 2.00. The van der Waals surface area contributed by atoms with Crippen LogP contribution in [-0.4, -0.2) is 10.6 Å². The Morgan fingerprint density at radius 2 is 2.22 bits per heavy atom. The molecule has 9 heavy (non-hydrogen) atoms. The van der Waals surface area contributed by atoms with E-state index in [1.54, 1.807) is 17.1 Å². The molecule has 0 aliphatic rings. The smallest absolute Gasteiger partial charge is 0.379 e. The van der Waals surface area contributed by atoms with Crippen molar-refractivity contribution in [2.75, 3.05) is 0 Å². The number of aryl methyl sites for hydroxylation is 1. The van der Waals surface area contributed by atoms with E-state index in [4.69, 9.17) is 5.11 Å². The second-order valence-corrected chi connectivity index (χ2v) is 2.29. The molecule has 0 aliphatic carbocycles. The highest BCUT2D eigenvalue weighted by Crippen LogP contribution is 2.00. The van der Waals surface area contributed by atoms with Crippen molar-refractivity contribution in [1.82, 2.24) is 0 Å². The molecule has 0 amide bonds. The maximum Gasteiger partial charge on any atom is 0.379 e. The second kappa shape index (κ2) is 4.55. The zero-order valence-corrected chi connectivity index (χ0v) is 6.41. The molecule has 54 valence electrons. The van der Waals surface area contributed by atoms with Crippen molar-refractivity contribution in [2.45, 2.75) is 0 Å². The van der Waals surface area contributed by atoms with Crippen molar-refractivity contribution in [3.63, 3.8) is 0 Å². The molecule has 0 fully saturated rings. The van der Waals surface area contributed by atoms with Crippen LogP contribution in [0.25, 0.3) is 0 Å². The number of aromatic hydroxyl groups is 1. The van der Waals surface area contributed by atoms with E-state index in [2.05, 4.69) is 0 Å². The SMILES string of the molecule is C[n+]1sccc1O.O.[Cl-]. The lowest BCUT2D eigenvalue weighted by Crippen LogP contribution is -3.00. The molecule has 0 unspecified atom stereocenters. The molecule has 0 bridgehead atoms. The summed E-state index contributed by atoms with van der Waals surface area (Å²) in [5.41, 5.74) is 0. The minimum Gasteiger partial charge on any atom is -1.00 e. The predicted molar refractivity (Wildman–Crippen MR) is 30.8 cm³/mol. The van der Waals surface area contributed by atoms with Crippen molar-refractivity contribution in [3.05, 3.63) is 11.4 Å². The van der Waals surface area contributed by atoms with E-state index in [1.807, 2.05) is 5.38 Å². The van der Waals surface area contributed by atoms with Crippen LogP contribution in [0.5, 0.6) is 5.88 Å². The summed E-state index contributed by atoms with van der Waals surface area (Å²) in [7, 11) is 1.81. The first-order chi connectivity index (χ1) is 3.30. The normalized spacial score (nSPS) is 7.22. The number of hydrogen-bond donors (Lipinski definition) is 1. The molecule has 1 heterocycles. The minimum atomic E-state index is 0. The summed E-state index contributed by atoms with van der Waals surface area (Å²) in [5.74, 6) is 0.324. The van der Waals surface area contributed by atoms with Gasteiger partial charge in [0.25, 0.3) is 0 Å². The van der Waals surface area contributed by atoms with Crippen LogP contribution in [0.1, 0.15) is 0 Å². The monoisotopic (exact) mass is 169 g/mol. The van der Waals surface area contributed by atoms with Gasteiger partial charge in [0.1, 0.15) is 11.5 Å². The molecule has 0 saturated heterocycles. The molecule has 3 nitrogen and oxygen atoms in total. The molecule has 5 heteroatoms. The third-order valence-corrected chi connectivity index (χ3v) is 1.52. The fraction of sp³-hybridized carbons (Fsp3) is 0.250. The van der Waals surface area contributed by atoms with Gasteiger partial charge in [-0.1, -0.05) is 0 Å². The quantitative estimate of drug-likeness (QED) is 0.402. The third-order valence-electron chi connectivity index (χ3n) is 0.759. The zero-order chi connectivity index (χ0) is 5.28. The molecule has 0 aromatic carbocycles. The lowest BCUT2D eigenvalue weighted by molar-refractivity contribution is -0.608. The highest BCUT2D eigenvalue weighted by atomic mass is 35.5. The molecule has 0 spiro atoms. The van der Waals surface area contributed by atoms with E-state index >= 15 is 0 Å². The van der Waals surface area contributed by atoms with Crippen molar-refractivity contribution >= 4 is 11.5 Å². The Kier molecular flexibility index (Phi) is 5.80.